The van der Waals surface area contributed by atoms with Crippen LogP contribution >= 0.6 is 0 Å². The molecule has 6 nitrogen and oxygen atoms in total. The quantitative estimate of drug-likeness (QED) is 0.877. The molecule has 21 heavy (non-hydrogen) atoms. The van der Waals surface area contributed by atoms with Gasteiger partial charge >= 0.3 is 6.03 Å². The molecule has 0 unspecified atom stereocenters. The predicted octanol–water partition coefficient (Wildman–Crippen LogP) is 1.29. The summed E-state index contributed by atoms with van der Waals surface area (Å²) in [6.45, 7) is 3.53. The minimum absolute atomic E-state index is 0.0756. The molecule has 0 saturated heterocycles. The maximum atomic E-state index is 12.2. The smallest absolute Gasteiger partial charge is 0.317 e. The van der Waals surface area contributed by atoms with E-state index in [9.17, 15) is 4.79 Å². The molecular formula is C15H23N3O3. The van der Waals surface area contributed by atoms with Crippen molar-refractivity contribution >= 4 is 6.03 Å². The molecule has 0 bridgehead atoms. The van der Waals surface area contributed by atoms with Crippen LogP contribution in [-0.4, -0.2) is 44.8 Å². The third kappa shape index (κ3) is 2.90. The summed E-state index contributed by atoms with van der Waals surface area (Å²) in [5.74, 6) is 1.37. The summed E-state index contributed by atoms with van der Waals surface area (Å²) in [5, 5.41) is 2.84. The summed E-state index contributed by atoms with van der Waals surface area (Å²) >= 11 is 0. The molecule has 0 aliphatic carbocycles. The van der Waals surface area contributed by atoms with Crippen molar-refractivity contribution in [3.05, 3.63) is 23.3 Å². The predicted molar refractivity (Wildman–Crippen MR) is 80.8 cm³/mol. The zero-order chi connectivity index (χ0) is 15.4. The van der Waals surface area contributed by atoms with Crippen molar-refractivity contribution in [1.82, 2.24) is 10.2 Å². The monoisotopic (exact) mass is 293 g/mol. The molecule has 0 radical (unpaired) electrons. The number of carbonyl (C=O) groups excluding carboxylic acids is 1. The van der Waals surface area contributed by atoms with Gasteiger partial charge in [0.05, 0.1) is 20.3 Å². The number of hydrogen-bond donors (Lipinski definition) is 2. The number of nitrogens with two attached hydrogens (primary N) is 1. The fourth-order valence-corrected chi connectivity index (χ4v) is 2.78. The fraction of sp³-hybridized carbons (Fsp3) is 0.533. The first-order chi connectivity index (χ1) is 10.2. The molecule has 1 aliphatic heterocycles. The molecule has 1 atom stereocenters. The normalized spacial score (nSPS) is 17.1. The maximum Gasteiger partial charge on any atom is 0.317 e. The Kier molecular flexibility index (Phi) is 4.90. The number of ether oxygens (including phenoxy) is 2. The largest absolute Gasteiger partial charge is 0.493 e. The van der Waals surface area contributed by atoms with Gasteiger partial charge in [-0.3, -0.25) is 0 Å². The van der Waals surface area contributed by atoms with Gasteiger partial charge in [0, 0.05) is 19.6 Å². The summed E-state index contributed by atoms with van der Waals surface area (Å²) in [4.78, 5) is 13.9. The molecule has 1 aliphatic rings. The molecular weight excluding hydrogens is 270 g/mol. The lowest BCUT2D eigenvalue weighted by Gasteiger charge is -2.37. The zero-order valence-corrected chi connectivity index (χ0v) is 12.8. The first-order valence-corrected chi connectivity index (χ1v) is 7.15. The molecule has 2 amide bonds. The lowest BCUT2D eigenvalue weighted by molar-refractivity contribution is 0.171. The van der Waals surface area contributed by atoms with E-state index in [0.717, 1.165) is 17.5 Å². The third-order valence-corrected chi connectivity index (χ3v) is 3.81. The van der Waals surface area contributed by atoms with Crippen molar-refractivity contribution in [3.63, 3.8) is 0 Å². The van der Waals surface area contributed by atoms with Crippen LogP contribution < -0.4 is 20.5 Å². The van der Waals surface area contributed by atoms with Gasteiger partial charge in [0.1, 0.15) is 0 Å². The van der Waals surface area contributed by atoms with Gasteiger partial charge in [0.25, 0.3) is 0 Å². The van der Waals surface area contributed by atoms with Crippen LogP contribution in [0.2, 0.25) is 0 Å². The van der Waals surface area contributed by atoms with Crippen molar-refractivity contribution in [2.24, 2.45) is 5.73 Å². The zero-order valence-electron chi connectivity index (χ0n) is 12.8. The second-order valence-electron chi connectivity index (χ2n) is 4.94. The molecule has 6 heteroatoms. The molecule has 0 fully saturated rings. The first-order valence-electron chi connectivity index (χ1n) is 7.15. The van der Waals surface area contributed by atoms with E-state index < -0.39 is 0 Å². The molecule has 2 rings (SSSR count). The SMILES string of the molecule is CCNC(=O)N1CCc2cc(OC)c(OC)cc2[C@@H]1CN. The van der Waals surface area contributed by atoms with Gasteiger partial charge in [0.15, 0.2) is 11.5 Å². The van der Waals surface area contributed by atoms with E-state index in [1.165, 1.54) is 0 Å². The summed E-state index contributed by atoms with van der Waals surface area (Å²) in [5.41, 5.74) is 8.10. The second kappa shape index (κ2) is 6.67. The Morgan fingerprint density at radius 3 is 2.62 bits per heavy atom. The Morgan fingerprint density at radius 2 is 2.05 bits per heavy atom. The van der Waals surface area contributed by atoms with E-state index >= 15 is 0 Å². The number of rotatable bonds is 4. The number of hydrogen-bond acceptors (Lipinski definition) is 4. The Hall–Kier alpha value is -1.95. The van der Waals surface area contributed by atoms with Crippen molar-refractivity contribution in [2.45, 2.75) is 19.4 Å². The average molecular weight is 293 g/mol. The van der Waals surface area contributed by atoms with Crippen LogP contribution in [-0.2, 0) is 6.42 Å². The lowest BCUT2D eigenvalue weighted by Crippen LogP contribution is -2.47. The fourth-order valence-electron chi connectivity index (χ4n) is 2.78. The van der Waals surface area contributed by atoms with Crippen LogP contribution in [0.1, 0.15) is 24.1 Å². The van der Waals surface area contributed by atoms with E-state index in [4.69, 9.17) is 15.2 Å². The van der Waals surface area contributed by atoms with Crippen LogP contribution in [0.3, 0.4) is 0 Å². The van der Waals surface area contributed by atoms with Crippen molar-refractivity contribution < 1.29 is 14.3 Å². The van der Waals surface area contributed by atoms with Gasteiger partial charge in [0.2, 0.25) is 0 Å². The number of fused-ring (bicyclic) bond motifs is 1. The Bertz CT molecular complexity index is 519. The topological polar surface area (TPSA) is 76.8 Å². The highest BCUT2D eigenvalue weighted by Crippen LogP contribution is 2.37. The molecule has 1 aromatic carbocycles. The van der Waals surface area contributed by atoms with E-state index in [-0.39, 0.29) is 12.1 Å². The van der Waals surface area contributed by atoms with Crippen molar-refractivity contribution in [3.8, 4) is 11.5 Å². The number of nitrogens with zero attached hydrogens (tertiary/aromatic N) is 1. The third-order valence-electron chi connectivity index (χ3n) is 3.81. The molecule has 1 aromatic rings. The molecule has 1 heterocycles. The molecule has 0 saturated carbocycles. The van der Waals surface area contributed by atoms with Crippen LogP contribution in [0.15, 0.2) is 12.1 Å². The standard InChI is InChI=1S/C15H23N3O3/c1-4-17-15(19)18-6-5-10-7-13(20-2)14(21-3)8-11(10)12(18)9-16/h7-8,12H,4-6,9,16H2,1-3H3,(H,17,19)/t12-/m0/s1. The van der Waals surface area contributed by atoms with Gasteiger partial charge in [-0.2, -0.15) is 0 Å². The van der Waals surface area contributed by atoms with E-state index in [1.807, 2.05) is 19.1 Å². The highest BCUT2D eigenvalue weighted by molar-refractivity contribution is 5.75. The Balaban J connectivity index is 2.39. The summed E-state index contributed by atoms with van der Waals surface area (Å²) in [6.07, 6.45) is 0.781. The lowest BCUT2D eigenvalue weighted by atomic mass is 9.92. The number of benzene rings is 1. The van der Waals surface area contributed by atoms with Crippen LogP contribution in [0, 0.1) is 0 Å². The van der Waals surface area contributed by atoms with Crippen molar-refractivity contribution in [1.29, 1.82) is 0 Å². The van der Waals surface area contributed by atoms with Crippen molar-refractivity contribution in [2.75, 3.05) is 33.9 Å². The van der Waals surface area contributed by atoms with Gasteiger partial charge < -0.3 is 25.4 Å². The van der Waals surface area contributed by atoms with Crippen LogP contribution in [0.5, 0.6) is 11.5 Å². The minimum atomic E-state index is -0.139. The van der Waals surface area contributed by atoms with E-state index in [2.05, 4.69) is 5.32 Å². The van der Waals surface area contributed by atoms with Gasteiger partial charge in [-0.15, -0.1) is 0 Å². The number of nitrogens with one attached hydrogen (secondary N) is 1. The second-order valence-corrected chi connectivity index (χ2v) is 4.94. The highest BCUT2D eigenvalue weighted by atomic mass is 16.5. The van der Waals surface area contributed by atoms with Gasteiger partial charge in [-0.1, -0.05) is 0 Å². The summed E-state index contributed by atoms with van der Waals surface area (Å²) in [6, 6.07) is 3.69. The Labute approximate surface area is 125 Å². The minimum Gasteiger partial charge on any atom is -0.493 e. The van der Waals surface area contributed by atoms with Crippen LogP contribution in [0.4, 0.5) is 4.79 Å². The number of amides is 2. The average Bonchev–Trinajstić information content (AvgIpc) is 2.52. The van der Waals surface area contributed by atoms with Gasteiger partial charge in [-0.25, -0.2) is 4.79 Å². The van der Waals surface area contributed by atoms with E-state index in [0.29, 0.717) is 31.1 Å². The molecule has 0 spiro atoms. The molecule has 0 aromatic heterocycles. The number of methoxy groups -OCH3 is 2. The van der Waals surface area contributed by atoms with Crippen LogP contribution in [0.25, 0.3) is 0 Å². The molecule has 116 valence electrons. The summed E-state index contributed by atoms with van der Waals surface area (Å²) in [7, 11) is 3.22. The molecule has 3 N–H and O–H groups in total. The van der Waals surface area contributed by atoms with Gasteiger partial charge in [-0.05, 0) is 36.6 Å². The number of urea groups is 1. The number of carbonyl (C=O) groups is 1. The highest BCUT2D eigenvalue weighted by Gasteiger charge is 2.30. The van der Waals surface area contributed by atoms with E-state index in [1.54, 1.807) is 19.1 Å². The first kappa shape index (κ1) is 15.4. The summed E-state index contributed by atoms with van der Waals surface area (Å²) < 4.78 is 10.7. The Morgan fingerprint density at radius 1 is 1.38 bits per heavy atom. The maximum absolute atomic E-state index is 12.2.